The number of fused-ring (bicyclic) bond motifs is 1. The second kappa shape index (κ2) is 7.59. The lowest BCUT2D eigenvalue weighted by Gasteiger charge is -2.13. The minimum absolute atomic E-state index is 0.296. The summed E-state index contributed by atoms with van der Waals surface area (Å²) >= 11 is 4.92. The van der Waals surface area contributed by atoms with Crippen LogP contribution in [0.2, 0.25) is 0 Å². The third-order valence-corrected chi connectivity index (χ3v) is 4.92. The predicted molar refractivity (Wildman–Crippen MR) is 102 cm³/mol. The molecule has 4 nitrogen and oxygen atoms in total. The van der Waals surface area contributed by atoms with Crippen molar-refractivity contribution in [2.45, 2.75) is 13.0 Å². The van der Waals surface area contributed by atoms with Crippen molar-refractivity contribution in [2.75, 3.05) is 0 Å². The van der Waals surface area contributed by atoms with Crippen LogP contribution in [0.25, 0.3) is 10.8 Å². The van der Waals surface area contributed by atoms with Gasteiger partial charge in [0.15, 0.2) is 6.10 Å². The average Bonchev–Trinajstić information content (AvgIpc) is 3.00. The van der Waals surface area contributed by atoms with Crippen LogP contribution in [0.5, 0.6) is 5.75 Å². The Bertz CT molecular complexity index is 891. The predicted octanol–water partition coefficient (Wildman–Crippen LogP) is 4.58. The summed E-state index contributed by atoms with van der Waals surface area (Å²) in [6.07, 6.45) is 0.967. The zero-order valence-electron chi connectivity index (χ0n) is 12.9. The molecule has 0 bridgehead atoms. The van der Waals surface area contributed by atoms with Crippen molar-refractivity contribution in [2.24, 2.45) is 5.10 Å². The van der Waals surface area contributed by atoms with Crippen LogP contribution in [0.15, 0.2) is 63.5 Å². The van der Waals surface area contributed by atoms with Crippen LogP contribution in [0, 0.1) is 0 Å². The molecule has 1 N–H and O–H groups in total. The Morgan fingerprint density at radius 3 is 2.75 bits per heavy atom. The number of hydrogen-bond donors (Lipinski definition) is 1. The summed E-state index contributed by atoms with van der Waals surface area (Å²) in [6.45, 7) is 1.70. The van der Waals surface area contributed by atoms with Crippen LogP contribution in [-0.4, -0.2) is 18.2 Å². The van der Waals surface area contributed by atoms with Gasteiger partial charge in [-0.3, -0.25) is 4.79 Å². The minimum Gasteiger partial charge on any atom is -0.481 e. The van der Waals surface area contributed by atoms with Crippen molar-refractivity contribution in [3.8, 4) is 5.75 Å². The number of hydrogen-bond acceptors (Lipinski definition) is 4. The Morgan fingerprint density at radius 1 is 1.21 bits per heavy atom. The third kappa shape index (κ3) is 4.21. The van der Waals surface area contributed by atoms with Crippen molar-refractivity contribution in [3.05, 3.63) is 63.3 Å². The molecule has 1 atom stereocenters. The van der Waals surface area contributed by atoms with Gasteiger partial charge in [-0.05, 0) is 57.9 Å². The van der Waals surface area contributed by atoms with Gasteiger partial charge >= 0.3 is 0 Å². The Kier molecular flexibility index (Phi) is 5.27. The summed E-state index contributed by atoms with van der Waals surface area (Å²) in [5.41, 5.74) is 2.49. The number of halogens is 1. The van der Waals surface area contributed by atoms with Gasteiger partial charge in [-0.15, -0.1) is 11.3 Å². The highest BCUT2D eigenvalue weighted by Crippen LogP contribution is 2.22. The largest absolute Gasteiger partial charge is 0.481 e. The number of benzene rings is 2. The number of thiophene rings is 1. The SMILES string of the molecule is C[C@H](Oc1ccc2ccccc2c1)C(=O)N/N=C\c1ccc(Br)s1. The van der Waals surface area contributed by atoms with Crippen molar-refractivity contribution >= 4 is 50.2 Å². The van der Waals surface area contributed by atoms with Gasteiger partial charge in [0.05, 0.1) is 10.0 Å². The fourth-order valence-electron chi connectivity index (χ4n) is 2.15. The van der Waals surface area contributed by atoms with E-state index in [-0.39, 0.29) is 5.91 Å². The normalized spacial score (nSPS) is 12.4. The van der Waals surface area contributed by atoms with E-state index >= 15 is 0 Å². The van der Waals surface area contributed by atoms with Gasteiger partial charge in [-0.2, -0.15) is 5.10 Å². The molecule has 0 saturated heterocycles. The first-order chi connectivity index (χ1) is 11.6. The van der Waals surface area contributed by atoms with Crippen molar-refractivity contribution < 1.29 is 9.53 Å². The number of ether oxygens (including phenoxy) is 1. The molecule has 24 heavy (non-hydrogen) atoms. The van der Waals surface area contributed by atoms with Gasteiger partial charge < -0.3 is 4.74 Å². The molecule has 1 heterocycles. The van der Waals surface area contributed by atoms with Crippen LogP contribution in [0.4, 0.5) is 0 Å². The number of hydrazone groups is 1. The molecule has 0 aliphatic carbocycles. The fourth-order valence-corrected chi connectivity index (χ4v) is 3.44. The van der Waals surface area contributed by atoms with Crippen LogP contribution in [0.3, 0.4) is 0 Å². The molecule has 3 rings (SSSR count). The number of carbonyl (C=O) groups is 1. The Morgan fingerprint density at radius 2 is 2.00 bits per heavy atom. The summed E-state index contributed by atoms with van der Waals surface area (Å²) in [5, 5.41) is 6.16. The molecule has 0 aliphatic rings. The molecular weight excluding hydrogens is 388 g/mol. The van der Waals surface area contributed by atoms with Gasteiger partial charge in [0, 0.05) is 4.88 Å². The average molecular weight is 403 g/mol. The minimum atomic E-state index is -0.640. The highest BCUT2D eigenvalue weighted by Gasteiger charge is 2.14. The highest BCUT2D eigenvalue weighted by molar-refractivity contribution is 9.11. The van der Waals surface area contributed by atoms with Crippen molar-refractivity contribution in [1.82, 2.24) is 5.43 Å². The molecular formula is C18H15BrN2O2S. The van der Waals surface area contributed by atoms with E-state index < -0.39 is 6.10 Å². The number of carbonyl (C=O) groups excluding carboxylic acids is 1. The first-order valence-electron chi connectivity index (χ1n) is 7.35. The Labute approximate surface area is 152 Å². The molecule has 2 aromatic carbocycles. The fraction of sp³-hybridized carbons (Fsp3) is 0.111. The van der Waals surface area contributed by atoms with E-state index in [1.807, 2.05) is 54.6 Å². The van der Waals surface area contributed by atoms with Crippen molar-refractivity contribution in [1.29, 1.82) is 0 Å². The Balaban J connectivity index is 1.59. The summed E-state index contributed by atoms with van der Waals surface area (Å²) in [6, 6.07) is 17.6. The van der Waals surface area contributed by atoms with Gasteiger partial charge in [-0.1, -0.05) is 30.3 Å². The van der Waals surface area contributed by atoms with E-state index in [4.69, 9.17) is 4.74 Å². The standard InChI is InChI=1S/C18H15BrN2O2S/c1-12(18(22)21-20-11-16-8-9-17(19)24-16)23-15-7-6-13-4-2-3-5-14(13)10-15/h2-12H,1H3,(H,21,22)/b20-11-/t12-/m0/s1. The molecule has 122 valence electrons. The molecule has 0 saturated carbocycles. The molecule has 6 heteroatoms. The van der Waals surface area contributed by atoms with Crippen LogP contribution in [-0.2, 0) is 4.79 Å². The van der Waals surface area contributed by atoms with Gasteiger partial charge in [0.1, 0.15) is 5.75 Å². The van der Waals surface area contributed by atoms with Crippen LogP contribution >= 0.6 is 27.3 Å². The quantitative estimate of drug-likeness (QED) is 0.501. The van der Waals surface area contributed by atoms with E-state index in [0.29, 0.717) is 5.75 Å². The van der Waals surface area contributed by atoms with E-state index in [2.05, 4.69) is 26.5 Å². The Hall–Kier alpha value is -2.18. The molecule has 0 fully saturated rings. The molecule has 0 spiro atoms. The molecule has 1 aromatic heterocycles. The molecule has 0 unspecified atom stereocenters. The summed E-state index contributed by atoms with van der Waals surface area (Å²) in [4.78, 5) is 13.0. The van der Waals surface area contributed by atoms with E-state index in [1.54, 1.807) is 13.1 Å². The topological polar surface area (TPSA) is 50.7 Å². The maximum absolute atomic E-state index is 12.1. The van der Waals surface area contributed by atoms with E-state index in [1.165, 1.54) is 11.3 Å². The summed E-state index contributed by atoms with van der Waals surface area (Å²) < 4.78 is 6.72. The third-order valence-electron chi connectivity index (χ3n) is 3.36. The smallest absolute Gasteiger partial charge is 0.280 e. The van der Waals surface area contributed by atoms with Gasteiger partial charge in [-0.25, -0.2) is 5.43 Å². The lowest BCUT2D eigenvalue weighted by molar-refractivity contribution is -0.127. The number of rotatable bonds is 5. The number of nitrogens with zero attached hydrogens (tertiary/aromatic N) is 1. The molecule has 0 aliphatic heterocycles. The first-order valence-corrected chi connectivity index (χ1v) is 8.96. The van der Waals surface area contributed by atoms with E-state index in [0.717, 1.165) is 19.4 Å². The number of amides is 1. The maximum Gasteiger partial charge on any atom is 0.280 e. The monoisotopic (exact) mass is 402 g/mol. The summed E-state index contributed by atoms with van der Waals surface area (Å²) in [7, 11) is 0. The van der Waals surface area contributed by atoms with Crippen molar-refractivity contribution in [3.63, 3.8) is 0 Å². The van der Waals surface area contributed by atoms with E-state index in [9.17, 15) is 4.79 Å². The summed E-state index contributed by atoms with van der Waals surface area (Å²) in [5.74, 6) is 0.359. The van der Waals surface area contributed by atoms with Crippen LogP contribution < -0.4 is 10.2 Å². The lowest BCUT2D eigenvalue weighted by Crippen LogP contribution is -2.33. The lowest BCUT2D eigenvalue weighted by atomic mass is 10.1. The second-order valence-corrected chi connectivity index (χ2v) is 7.64. The van der Waals surface area contributed by atoms with Crippen LogP contribution in [0.1, 0.15) is 11.8 Å². The van der Waals surface area contributed by atoms with Gasteiger partial charge in [0.25, 0.3) is 5.91 Å². The first kappa shape index (κ1) is 16.7. The molecule has 1 amide bonds. The second-order valence-electron chi connectivity index (χ2n) is 5.15. The highest BCUT2D eigenvalue weighted by atomic mass is 79.9. The zero-order chi connectivity index (χ0) is 16.9. The number of nitrogens with one attached hydrogen (secondary N) is 1. The maximum atomic E-state index is 12.1. The van der Waals surface area contributed by atoms with Gasteiger partial charge in [0.2, 0.25) is 0 Å². The molecule has 0 radical (unpaired) electrons. The molecule has 3 aromatic rings. The zero-order valence-corrected chi connectivity index (χ0v) is 15.3.